The van der Waals surface area contributed by atoms with Crippen LogP contribution in [0.1, 0.15) is 16.7 Å². The number of benzene rings is 3. The van der Waals surface area contributed by atoms with Gasteiger partial charge in [-0.3, -0.25) is 0 Å². The van der Waals surface area contributed by atoms with Crippen molar-refractivity contribution in [3.8, 4) is 0 Å². The number of hydrogen-bond acceptors (Lipinski definition) is 6. The number of thiocarbonyl (C=S) groups is 3. The van der Waals surface area contributed by atoms with Crippen molar-refractivity contribution < 1.29 is 0 Å². The summed E-state index contributed by atoms with van der Waals surface area (Å²) in [5.74, 6) is 0. The molecule has 0 saturated carbocycles. The predicted octanol–water partition coefficient (Wildman–Crippen LogP) is 10.5. The number of halogens is 3. The van der Waals surface area contributed by atoms with Gasteiger partial charge in [0.25, 0.3) is 0 Å². The Morgan fingerprint density at radius 2 is 0.710 bits per heavy atom. The zero-order valence-corrected chi connectivity index (χ0v) is 23.5. The van der Waals surface area contributed by atoms with Gasteiger partial charge in [0.1, 0.15) is 0 Å². The molecule has 10 heteroatoms. The van der Waals surface area contributed by atoms with Crippen molar-refractivity contribution in [1.82, 2.24) is 0 Å². The molecule has 0 fully saturated rings. The monoisotopic (exact) mass is 592 g/mol. The second-order valence-electron chi connectivity index (χ2n) is 5.88. The molecule has 0 nitrogen and oxygen atoms in total. The van der Waals surface area contributed by atoms with E-state index in [0.717, 1.165) is 29.3 Å². The summed E-state index contributed by atoms with van der Waals surface area (Å²) in [4.78, 5) is 0. The maximum Gasteiger partial charge on any atom is 0.0901 e. The Balaban J connectivity index is 1.78. The lowest BCUT2D eigenvalue weighted by Gasteiger charge is -2.17. The molecule has 0 N–H and O–H groups in total. The summed E-state index contributed by atoms with van der Waals surface area (Å²) in [7, 11) is 0. The fraction of sp³-hybridized carbons (Fsp3) is 0. The van der Waals surface area contributed by atoms with E-state index in [4.69, 9.17) is 71.5 Å². The summed E-state index contributed by atoms with van der Waals surface area (Å²) >= 11 is 40.0. The third kappa shape index (κ3) is 8.22. The van der Waals surface area contributed by atoms with Crippen molar-refractivity contribution in [2.45, 2.75) is 0 Å². The van der Waals surface area contributed by atoms with Crippen LogP contribution in [0.2, 0.25) is 15.1 Å². The van der Waals surface area contributed by atoms with E-state index in [2.05, 4.69) is 0 Å². The van der Waals surface area contributed by atoms with Crippen molar-refractivity contribution in [2.75, 3.05) is 0 Å². The van der Waals surface area contributed by atoms with Gasteiger partial charge in [-0.15, -0.1) is 0 Å². The van der Waals surface area contributed by atoms with Gasteiger partial charge in [-0.1, -0.05) is 142 Å². The van der Waals surface area contributed by atoms with Crippen LogP contribution in [0.15, 0.2) is 72.8 Å². The Labute approximate surface area is 226 Å². The van der Waals surface area contributed by atoms with E-state index in [1.807, 2.05) is 72.8 Å². The van der Waals surface area contributed by atoms with Crippen LogP contribution in [0.25, 0.3) is 0 Å². The molecule has 0 heterocycles. The molecule has 0 aliphatic carbocycles. The van der Waals surface area contributed by atoms with Crippen molar-refractivity contribution in [3.63, 3.8) is 0 Å². The minimum atomic E-state index is -0.845. The largest absolute Gasteiger partial charge is 0.0901 e. The van der Waals surface area contributed by atoms with Gasteiger partial charge in [0.05, 0.1) is 18.1 Å². The third-order valence-electron chi connectivity index (χ3n) is 3.71. The van der Waals surface area contributed by atoms with E-state index in [1.165, 1.54) is 0 Å². The first-order valence-electron chi connectivity index (χ1n) is 8.55. The Morgan fingerprint density at radius 1 is 0.484 bits per heavy atom. The van der Waals surface area contributed by atoms with E-state index in [-0.39, 0.29) is 0 Å². The highest BCUT2D eigenvalue weighted by Crippen LogP contribution is 2.72. The van der Waals surface area contributed by atoms with Crippen LogP contribution in [-0.4, -0.2) is 12.6 Å². The average molecular weight is 594 g/mol. The Morgan fingerprint density at radius 3 is 0.935 bits per heavy atom. The predicted molar refractivity (Wildman–Crippen MR) is 159 cm³/mol. The lowest BCUT2D eigenvalue weighted by atomic mass is 10.2. The molecule has 0 saturated heterocycles. The molecule has 31 heavy (non-hydrogen) atoms. The first-order chi connectivity index (χ1) is 14.8. The zero-order valence-electron chi connectivity index (χ0n) is 15.5. The van der Waals surface area contributed by atoms with Crippen LogP contribution >= 0.6 is 111 Å². The molecule has 0 bridgehead atoms. The maximum atomic E-state index is 6.01. The molecule has 0 unspecified atom stereocenters. The smallest absolute Gasteiger partial charge is 0.0843 e. The van der Waals surface area contributed by atoms with E-state index in [0.29, 0.717) is 15.1 Å². The minimum absolute atomic E-state index is 0.676. The molecule has 0 spiro atoms. The second-order valence-corrected chi connectivity index (χ2v) is 18.4. The highest BCUT2D eigenvalue weighted by atomic mass is 35.5. The molecular weight excluding hydrogens is 582 g/mol. The van der Waals surface area contributed by atoms with Crippen LogP contribution in [0.3, 0.4) is 0 Å². The molecule has 0 amide bonds. The molecule has 0 aliphatic heterocycles. The third-order valence-corrected chi connectivity index (χ3v) is 15.7. The van der Waals surface area contributed by atoms with Gasteiger partial charge < -0.3 is 0 Å². The van der Waals surface area contributed by atoms with Crippen molar-refractivity contribution in [2.24, 2.45) is 0 Å². The van der Waals surface area contributed by atoms with Crippen molar-refractivity contribution in [1.29, 1.82) is 0 Å². The van der Waals surface area contributed by atoms with Gasteiger partial charge in [0.15, 0.2) is 0 Å². The van der Waals surface area contributed by atoms with Gasteiger partial charge in [-0.25, -0.2) is 0 Å². The molecule has 158 valence electrons. The van der Waals surface area contributed by atoms with Crippen LogP contribution < -0.4 is 0 Å². The topological polar surface area (TPSA) is 0 Å². The summed E-state index contributed by atoms with van der Waals surface area (Å²) in [6, 6.07) is 22.6. The second kappa shape index (κ2) is 12.7. The minimum Gasteiger partial charge on any atom is -0.0843 e. The standard InChI is InChI=1S/C21H12Cl3PS6/c22-16-7-1-13(2-8-16)19(26)29-25(30-20(27)14-3-9-17(23)10-4-14)31-21(28)15-5-11-18(24)12-6-15/h1-12H. The molecule has 0 aromatic heterocycles. The van der Waals surface area contributed by atoms with E-state index in [1.54, 1.807) is 34.1 Å². The first kappa shape index (κ1) is 25.9. The van der Waals surface area contributed by atoms with E-state index >= 15 is 0 Å². The first-order valence-corrected chi connectivity index (χ1v) is 16.5. The summed E-state index contributed by atoms with van der Waals surface area (Å²) in [5, 5.41) is 2.03. The normalized spacial score (nSPS) is 10.8. The lowest BCUT2D eigenvalue weighted by Crippen LogP contribution is -1.94. The summed E-state index contributed by atoms with van der Waals surface area (Å²) < 4.78 is 2.33. The van der Waals surface area contributed by atoms with Crippen molar-refractivity contribution in [3.05, 3.63) is 105 Å². The summed E-state index contributed by atoms with van der Waals surface area (Å²) in [6.45, 7) is 0. The van der Waals surface area contributed by atoms with Crippen LogP contribution in [0, 0.1) is 0 Å². The Kier molecular flexibility index (Phi) is 10.6. The summed E-state index contributed by atoms with van der Waals surface area (Å²) in [5.41, 5.74) is 2.01. The zero-order chi connectivity index (χ0) is 22.4. The lowest BCUT2D eigenvalue weighted by molar-refractivity contribution is 1.68. The number of rotatable bonds is 6. The van der Waals surface area contributed by atoms with Gasteiger partial charge in [0, 0.05) is 15.1 Å². The van der Waals surface area contributed by atoms with Crippen LogP contribution in [0.4, 0.5) is 0 Å². The quantitative estimate of drug-likeness (QED) is 0.204. The van der Waals surface area contributed by atoms with Crippen LogP contribution in [-0.2, 0) is 0 Å². The van der Waals surface area contributed by atoms with Crippen LogP contribution in [0.5, 0.6) is 0 Å². The molecule has 3 aromatic rings. The average Bonchev–Trinajstić information content (AvgIpc) is 2.75. The fourth-order valence-corrected chi connectivity index (χ4v) is 16.3. The molecule has 0 aliphatic rings. The maximum absolute atomic E-state index is 6.01. The summed E-state index contributed by atoms with van der Waals surface area (Å²) in [6.07, 6.45) is 0. The highest BCUT2D eigenvalue weighted by Gasteiger charge is 2.21. The van der Waals surface area contributed by atoms with Crippen molar-refractivity contribution >= 4 is 124 Å². The molecule has 3 aromatic carbocycles. The Bertz CT molecular complexity index is 944. The van der Waals surface area contributed by atoms with Gasteiger partial charge >= 0.3 is 0 Å². The highest BCUT2D eigenvalue weighted by molar-refractivity contribution is 9.19. The molecule has 0 radical (unpaired) electrons. The number of hydrogen-bond donors (Lipinski definition) is 0. The molecule has 0 atom stereocenters. The van der Waals surface area contributed by atoms with E-state index in [9.17, 15) is 0 Å². The van der Waals surface area contributed by atoms with Gasteiger partial charge in [-0.05, 0) is 53.1 Å². The van der Waals surface area contributed by atoms with Gasteiger partial charge in [0.2, 0.25) is 0 Å². The SMILES string of the molecule is S=C(SP(SC(=S)c1ccc(Cl)cc1)SC(=S)c1ccc(Cl)cc1)c1ccc(Cl)cc1. The fourth-order valence-electron chi connectivity index (χ4n) is 2.18. The molecule has 3 rings (SSSR count). The van der Waals surface area contributed by atoms with Gasteiger partial charge in [-0.2, -0.15) is 0 Å². The molecular formula is C21H12Cl3PS6. The van der Waals surface area contributed by atoms with E-state index < -0.39 is 5.53 Å². The Hall–Kier alpha value is 0.280.